The van der Waals surface area contributed by atoms with Gasteiger partial charge in [0.15, 0.2) is 0 Å². The molecule has 2 saturated carbocycles. The zero-order chi connectivity index (χ0) is 24.3. The molecule has 6 atom stereocenters. The minimum atomic E-state index is -0.0653. The van der Waals surface area contributed by atoms with E-state index >= 15 is 0 Å². The highest BCUT2D eigenvalue weighted by atomic mass is 16.5. The van der Waals surface area contributed by atoms with Gasteiger partial charge in [-0.1, -0.05) is 44.2 Å². The highest BCUT2D eigenvalue weighted by Gasteiger charge is 2.66. The van der Waals surface area contributed by atoms with Crippen LogP contribution in [-0.4, -0.2) is 48.0 Å². The van der Waals surface area contributed by atoms with E-state index in [4.69, 9.17) is 4.74 Å². The number of hydrogen-bond donors (Lipinski definition) is 0. The average molecular weight is 463 g/mol. The van der Waals surface area contributed by atoms with Gasteiger partial charge >= 0.3 is 0 Å². The molecule has 0 aromatic rings. The molecule has 0 aromatic carbocycles. The first kappa shape index (κ1) is 24.3. The molecule has 2 heterocycles. The Balaban J connectivity index is 1.46. The highest BCUT2D eigenvalue weighted by Crippen LogP contribution is 2.68. The summed E-state index contributed by atoms with van der Waals surface area (Å²) in [5.74, 6) is 1.19. The number of aliphatic imine (C=N–C) groups is 1. The van der Waals surface area contributed by atoms with Gasteiger partial charge < -0.3 is 4.74 Å². The average Bonchev–Trinajstić information content (AvgIpc) is 3.29. The molecule has 3 nitrogen and oxygen atoms in total. The summed E-state index contributed by atoms with van der Waals surface area (Å²) in [6.45, 7) is 17.2. The summed E-state index contributed by atoms with van der Waals surface area (Å²) in [6.07, 6.45) is 19.1. The quantitative estimate of drug-likeness (QED) is 0.312. The van der Waals surface area contributed by atoms with Crippen LogP contribution in [0.1, 0.15) is 86.0 Å². The molecular weight excluding hydrogens is 416 g/mol. The van der Waals surface area contributed by atoms with Crippen molar-refractivity contribution in [3.63, 3.8) is 0 Å². The van der Waals surface area contributed by atoms with Crippen molar-refractivity contribution in [1.82, 2.24) is 4.90 Å². The van der Waals surface area contributed by atoms with Crippen LogP contribution in [0.3, 0.4) is 0 Å². The number of fused-ring (bicyclic) bond motifs is 1. The summed E-state index contributed by atoms with van der Waals surface area (Å²) in [7, 11) is 1.82. The molecule has 3 fully saturated rings. The number of rotatable bonds is 6. The number of ether oxygens (including phenoxy) is 1. The molecule has 0 N–H and O–H groups in total. The lowest BCUT2D eigenvalue weighted by Crippen LogP contribution is -2.56. The highest BCUT2D eigenvalue weighted by molar-refractivity contribution is 5.81. The van der Waals surface area contributed by atoms with Crippen LogP contribution >= 0.6 is 0 Å². The van der Waals surface area contributed by atoms with E-state index in [9.17, 15) is 0 Å². The third-order valence-electron chi connectivity index (χ3n) is 10.4. The predicted molar refractivity (Wildman–Crippen MR) is 143 cm³/mol. The van der Waals surface area contributed by atoms with Crippen LogP contribution in [0.2, 0.25) is 0 Å². The van der Waals surface area contributed by atoms with Crippen LogP contribution in [0.25, 0.3) is 0 Å². The first-order valence-electron chi connectivity index (χ1n) is 13.9. The fourth-order valence-electron chi connectivity index (χ4n) is 9.05. The van der Waals surface area contributed by atoms with Gasteiger partial charge in [-0.15, -0.1) is 0 Å². The summed E-state index contributed by atoms with van der Waals surface area (Å²) in [5.41, 5.74) is 5.78. The molecule has 1 saturated heterocycles. The molecule has 3 heteroatoms. The molecule has 5 aliphatic rings. The van der Waals surface area contributed by atoms with Crippen LogP contribution in [0.15, 0.2) is 52.1 Å². The Kier molecular flexibility index (Phi) is 6.13. The van der Waals surface area contributed by atoms with Gasteiger partial charge in [-0.2, -0.15) is 0 Å². The van der Waals surface area contributed by atoms with Crippen molar-refractivity contribution in [3.8, 4) is 0 Å². The SMILES string of the molecule is C=C(C=NC)/C=C(\C)C1CC[C@@H]2C1(C)CC=C1C=C3CCC(N(CC)C(C)C)C[C@]34CC[C@@]12O4. The summed E-state index contributed by atoms with van der Waals surface area (Å²) < 4.78 is 7.49. The third-order valence-corrected chi connectivity index (χ3v) is 10.4. The molecule has 3 unspecified atom stereocenters. The zero-order valence-electron chi connectivity index (χ0n) is 22.5. The largest absolute Gasteiger partial charge is 0.359 e. The molecular formula is C31H46N2O. The molecule has 0 aromatic heterocycles. The lowest BCUT2D eigenvalue weighted by Gasteiger charge is -2.55. The fourth-order valence-corrected chi connectivity index (χ4v) is 9.05. The lowest BCUT2D eigenvalue weighted by atomic mass is 9.58. The second-order valence-electron chi connectivity index (χ2n) is 12.4. The van der Waals surface area contributed by atoms with Crippen molar-refractivity contribution in [2.24, 2.45) is 22.2 Å². The van der Waals surface area contributed by atoms with Gasteiger partial charge in [-0.05, 0) is 113 Å². The predicted octanol–water partition coefficient (Wildman–Crippen LogP) is 7.06. The number of allylic oxidation sites excluding steroid dienone is 4. The Morgan fingerprint density at radius 1 is 1.29 bits per heavy atom. The monoisotopic (exact) mass is 462 g/mol. The van der Waals surface area contributed by atoms with Crippen molar-refractivity contribution in [2.75, 3.05) is 13.6 Å². The normalized spacial score (nSPS) is 41.4. The molecule has 0 radical (unpaired) electrons. The van der Waals surface area contributed by atoms with E-state index in [1.54, 1.807) is 5.57 Å². The van der Waals surface area contributed by atoms with Gasteiger partial charge in [-0.3, -0.25) is 9.89 Å². The van der Waals surface area contributed by atoms with Gasteiger partial charge in [0.2, 0.25) is 0 Å². The topological polar surface area (TPSA) is 24.8 Å². The summed E-state index contributed by atoms with van der Waals surface area (Å²) in [5, 5.41) is 0. The van der Waals surface area contributed by atoms with E-state index in [0.717, 1.165) is 12.1 Å². The second kappa shape index (κ2) is 8.59. The minimum absolute atomic E-state index is 0.0182. The zero-order valence-corrected chi connectivity index (χ0v) is 22.5. The van der Waals surface area contributed by atoms with Crippen molar-refractivity contribution >= 4 is 6.21 Å². The number of nitrogens with zero attached hydrogens (tertiary/aromatic N) is 2. The molecule has 2 aliphatic heterocycles. The van der Waals surface area contributed by atoms with Gasteiger partial charge in [0.1, 0.15) is 0 Å². The minimum Gasteiger partial charge on any atom is -0.359 e. The van der Waals surface area contributed by atoms with Crippen molar-refractivity contribution in [3.05, 3.63) is 47.1 Å². The maximum Gasteiger partial charge on any atom is 0.0974 e. The Hall–Kier alpha value is -1.45. The van der Waals surface area contributed by atoms with E-state index in [2.05, 4.69) is 69.3 Å². The summed E-state index contributed by atoms with van der Waals surface area (Å²) >= 11 is 0. The Bertz CT molecular complexity index is 970. The maximum absolute atomic E-state index is 7.49. The first-order chi connectivity index (χ1) is 16.2. The van der Waals surface area contributed by atoms with Crippen LogP contribution in [0.5, 0.6) is 0 Å². The van der Waals surface area contributed by atoms with E-state index in [1.165, 1.54) is 62.5 Å². The molecule has 0 amide bonds. The van der Waals surface area contributed by atoms with Gasteiger partial charge in [-0.25, -0.2) is 0 Å². The van der Waals surface area contributed by atoms with Crippen molar-refractivity contribution in [1.29, 1.82) is 0 Å². The Morgan fingerprint density at radius 2 is 2.09 bits per heavy atom. The molecule has 186 valence electrons. The van der Waals surface area contributed by atoms with E-state index in [0.29, 0.717) is 23.9 Å². The summed E-state index contributed by atoms with van der Waals surface area (Å²) in [4.78, 5) is 6.87. The molecule has 34 heavy (non-hydrogen) atoms. The number of hydrogen-bond acceptors (Lipinski definition) is 3. The standard InChI is InChI=1S/C31H46N2O/c1-8-33(21(2)3)26-10-9-24-18-25-13-14-29(6)27(23(5)17-22(4)20-32-7)11-12-28(29)31(25)16-15-30(24,19-26)34-31/h13,17-18,20-21,26-28H,4,8-12,14-16,19H2,1-3,5-7H3/b23-17+,32-20?/t26?,27?,28-,29?,30-,31-/m1/s1. The van der Waals surface area contributed by atoms with E-state index in [-0.39, 0.29) is 16.6 Å². The first-order valence-corrected chi connectivity index (χ1v) is 13.9. The fraction of sp³-hybridized carbons (Fsp3) is 0.710. The molecule has 5 rings (SSSR count). The van der Waals surface area contributed by atoms with Crippen molar-refractivity contribution < 1.29 is 4.74 Å². The summed E-state index contributed by atoms with van der Waals surface area (Å²) in [6, 6.07) is 1.24. The Labute approximate surface area is 208 Å². The van der Waals surface area contributed by atoms with Crippen LogP contribution in [0.4, 0.5) is 0 Å². The lowest BCUT2D eigenvalue weighted by molar-refractivity contribution is -0.143. The van der Waals surface area contributed by atoms with Crippen LogP contribution in [-0.2, 0) is 4.74 Å². The van der Waals surface area contributed by atoms with Gasteiger partial charge in [0.25, 0.3) is 0 Å². The van der Waals surface area contributed by atoms with Crippen LogP contribution < -0.4 is 0 Å². The maximum atomic E-state index is 7.49. The van der Waals surface area contributed by atoms with Crippen LogP contribution in [0, 0.1) is 17.3 Å². The molecule has 3 aliphatic carbocycles. The van der Waals surface area contributed by atoms with E-state index in [1.807, 2.05) is 13.3 Å². The van der Waals surface area contributed by atoms with Gasteiger partial charge in [0.05, 0.1) is 11.2 Å². The van der Waals surface area contributed by atoms with Crippen molar-refractivity contribution in [2.45, 2.75) is 109 Å². The molecule has 2 bridgehead atoms. The third kappa shape index (κ3) is 3.48. The van der Waals surface area contributed by atoms with Gasteiger partial charge in [0, 0.05) is 25.3 Å². The Morgan fingerprint density at radius 3 is 2.79 bits per heavy atom. The second-order valence-corrected chi connectivity index (χ2v) is 12.4. The smallest absolute Gasteiger partial charge is 0.0974 e. The molecule has 2 spiro atoms. The van der Waals surface area contributed by atoms with E-state index < -0.39 is 0 Å².